The van der Waals surface area contributed by atoms with Crippen LogP contribution in [0.4, 0.5) is 0 Å². The molecule has 3 aromatic rings. The molecule has 2 N–H and O–H groups in total. The molecule has 0 fully saturated rings. The number of carbonyl (C=O) groups excluding carboxylic acids is 2. The second-order valence-electron chi connectivity index (χ2n) is 5.56. The maximum Gasteiger partial charge on any atom is 0.349 e. The molecular formula is C20H17NO3S. The zero-order chi connectivity index (χ0) is 17.8. The largest absolute Gasteiger partial charge is 0.448 e. The first-order chi connectivity index (χ1) is 12.0. The lowest BCUT2D eigenvalue weighted by Crippen LogP contribution is -2.30. The predicted octanol–water partition coefficient (Wildman–Crippen LogP) is 4.11. The summed E-state index contributed by atoms with van der Waals surface area (Å²) in [5, 5.41) is 0. The van der Waals surface area contributed by atoms with E-state index in [0.717, 1.165) is 21.6 Å². The lowest BCUT2D eigenvalue weighted by atomic mass is 10.0. The number of ether oxygens (including phenoxy) is 1. The Kier molecular flexibility index (Phi) is 4.95. The van der Waals surface area contributed by atoms with E-state index >= 15 is 0 Å². The van der Waals surface area contributed by atoms with Gasteiger partial charge in [-0.3, -0.25) is 4.79 Å². The van der Waals surface area contributed by atoms with Gasteiger partial charge in [0.05, 0.1) is 0 Å². The van der Waals surface area contributed by atoms with Crippen LogP contribution in [0.1, 0.15) is 16.6 Å². The van der Waals surface area contributed by atoms with Crippen molar-refractivity contribution in [1.82, 2.24) is 0 Å². The summed E-state index contributed by atoms with van der Waals surface area (Å²) in [4.78, 5) is 24.4. The number of benzene rings is 2. The SMILES string of the molecule is C[C@@H](OC(=O)c1ccc(-c2ccc(-c3ccccc3)cc2)s1)C(N)=O. The molecule has 1 amide bonds. The molecule has 0 aliphatic rings. The van der Waals surface area contributed by atoms with Crippen LogP contribution >= 0.6 is 11.3 Å². The molecule has 0 saturated carbocycles. The summed E-state index contributed by atoms with van der Waals surface area (Å²) in [6.45, 7) is 1.46. The number of hydrogen-bond acceptors (Lipinski definition) is 4. The smallest absolute Gasteiger partial charge is 0.349 e. The van der Waals surface area contributed by atoms with Gasteiger partial charge in [0.1, 0.15) is 4.88 Å². The summed E-state index contributed by atoms with van der Waals surface area (Å²) in [6, 6.07) is 21.8. The van der Waals surface area contributed by atoms with E-state index in [4.69, 9.17) is 10.5 Å². The Balaban J connectivity index is 1.76. The van der Waals surface area contributed by atoms with Gasteiger partial charge in [-0.15, -0.1) is 11.3 Å². The van der Waals surface area contributed by atoms with E-state index in [1.165, 1.54) is 18.3 Å². The van der Waals surface area contributed by atoms with Crippen LogP contribution in [0, 0.1) is 0 Å². The van der Waals surface area contributed by atoms with E-state index in [9.17, 15) is 9.59 Å². The van der Waals surface area contributed by atoms with E-state index < -0.39 is 18.0 Å². The van der Waals surface area contributed by atoms with Gasteiger partial charge in [0.2, 0.25) is 0 Å². The van der Waals surface area contributed by atoms with Crippen molar-refractivity contribution in [3.63, 3.8) is 0 Å². The monoisotopic (exact) mass is 351 g/mol. The van der Waals surface area contributed by atoms with Crippen molar-refractivity contribution in [3.05, 3.63) is 71.6 Å². The molecule has 4 nitrogen and oxygen atoms in total. The number of carbonyl (C=O) groups is 2. The molecule has 1 atom stereocenters. The maximum atomic E-state index is 12.0. The molecule has 0 aliphatic heterocycles. The minimum absolute atomic E-state index is 0.440. The van der Waals surface area contributed by atoms with Crippen molar-refractivity contribution < 1.29 is 14.3 Å². The van der Waals surface area contributed by atoms with Crippen LogP contribution in [0.15, 0.2) is 66.7 Å². The van der Waals surface area contributed by atoms with Crippen LogP contribution in [0.3, 0.4) is 0 Å². The lowest BCUT2D eigenvalue weighted by molar-refractivity contribution is -0.125. The Labute approximate surface area is 149 Å². The predicted molar refractivity (Wildman–Crippen MR) is 99.3 cm³/mol. The maximum absolute atomic E-state index is 12.0. The van der Waals surface area contributed by atoms with Crippen molar-refractivity contribution >= 4 is 23.2 Å². The fourth-order valence-electron chi connectivity index (χ4n) is 2.34. The molecule has 3 rings (SSSR count). The van der Waals surface area contributed by atoms with Gasteiger partial charge in [-0.05, 0) is 35.7 Å². The van der Waals surface area contributed by atoms with Crippen LogP contribution in [0.5, 0.6) is 0 Å². The Hall–Kier alpha value is -2.92. The van der Waals surface area contributed by atoms with Crippen molar-refractivity contribution in [2.24, 2.45) is 5.73 Å². The van der Waals surface area contributed by atoms with Crippen molar-refractivity contribution in [2.75, 3.05) is 0 Å². The Morgan fingerprint density at radius 3 is 2.12 bits per heavy atom. The molecular weight excluding hydrogens is 334 g/mol. The van der Waals surface area contributed by atoms with Crippen LogP contribution in [0.25, 0.3) is 21.6 Å². The topological polar surface area (TPSA) is 69.4 Å². The molecule has 126 valence electrons. The molecule has 0 saturated heterocycles. The standard InChI is InChI=1S/C20H17NO3S/c1-13(19(21)22)24-20(23)18-12-11-17(25-18)16-9-7-15(8-10-16)14-5-3-2-4-6-14/h2-13H,1H3,(H2,21,22)/t13-/m1/s1. The molecule has 1 heterocycles. The highest BCUT2D eigenvalue weighted by molar-refractivity contribution is 7.17. The van der Waals surface area contributed by atoms with Gasteiger partial charge in [0.25, 0.3) is 5.91 Å². The van der Waals surface area contributed by atoms with Crippen molar-refractivity contribution in [2.45, 2.75) is 13.0 Å². The van der Waals surface area contributed by atoms with Gasteiger partial charge in [-0.25, -0.2) is 4.79 Å². The fourth-order valence-corrected chi connectivity index (χ4v) is 3.23. The number of hydrogen-bond donors (Lipinski definition) is 1. The second-order valence-corrected chi connectivity index (χ2v) is 6.64. The summed E-state index contributed by atoms with van der Waals surface area (Å²) >= 11 is 1.32. The molecule has 25 heavy (non-hydrogen) atoms. The number of primary amides is 1. The molecule has 1 aromatic heterocycles. The molecule has 2 aromatic carbocycles. The highest BCUT2D eigenvalue weighted by Gasteiger charge is 2.18. The van der Waals surface area contributed by atoms with E-state index in [-0.39, 0.29) is 0 Å². The number of amides is 1. The average molecular weight is 351 g/mol. The Bertz CT molecular complexity index is 885. The first-order valence-corrected chi connectivity index (χ1v) is 8.62. The van der Waals surface area contributed by atoms with E-state index in [1.54, 1.807) is 6.07 Å². The van der Waals surface area contributed by atoms with Crippen molar-refractivity contribution in [3.8, 4) is 21.6 Å². The van der Waals surface area contributed by atoms with Crippen LogP contribution in [-0.4, -0.2) is 18.0 Å². The number of nitrogens with two attached hydrogens (primary N) is 1. The minimum atomic E-state index is -0.941. The molecule has 0 spiro atoms. The summed E-state index contributed by atoms with van der Waals surface area (Å²) in [7, 11) is 0. The van der Waals surface area contributed by atoms with Gasteiger partial charge >= 0.3 is 5.97 Å². The Morgan fingerprint density at radius 2 is 1.48 bits per heavy atom. The van der Waals surface area contributed by atoms with Gasteiger partial charge in [-0.2, -0.15) is 0 Å². The van der Waals surface area contributed by atoms with Crippen molar-refractivity contribution in [1.29, 1.82) is 0 Å². The van der Waals surface area contributed by atoms with E-state index in [1.807, 2.05) is 36.4 Å². The molecule has 0 radical (unpaired) electrons. The average Bonchev–Trinajstić information content (AvgIpc) is 3.13. The zero-order valence-electron chi connectivity index (χ0n) is 13.6. The van der Waals surface area contributed by atoms with Gasteiger partial charge in [-0.1, -0.05) is 54.6 Å². The second kappa shape index (κ2) is 7.32. The highest BCUT2D eigenvalue weighted by Crippen LogP contribution is 2.30. The van der Waals surface area contributed by atoms with Crippen LogP contribution < -0.4 is 5.73 Å². The van der Waals surface area contributed by atoms with Gasteiger partial charge in [0, 0.05) is 4.88 Å². The van der Waals surface area contributed by atoms with Crippen LogP contribution in [0.2, 0.25) is 0 Å². The third-order valence-corrected chi connectivity index (χ3v) is 4.88. The highest BCUT2D eigenvalue weighted by atomic mass is 32.1. The first kappa shape index (κ1) is 16.9. The third kappa shape index (κ3) is 3.95. The van der Waals surface area contributed by atoms with E-state index in [2.05, 4.69) is 24.3 Å². The summed E-state index contributed by atoms with van der Waals surface area (Å²) in [5.74, 6) is -1.20. The summed E-state index contributed by atoms with van der Waals surface area (Å²) in [5.41, 5.74) is 8.42. The quantitative estimate of drug-likeness (QED) is 0.703. The van der Waals surface area contributed by atoms with Crippen LogP contribution in [-0.2, 0) is 9.53 Å². The summed E-state index contributed by atoms with van der Waals surface area (Å²) < 4.78 is 5.02. The molecule has 5 heteroatoms. The van der Waals surface area contributed by atoms with Gasteiger partial charge < -0.3 is 10.5 Å². The molecule has 0 aliphatic carbocycles. The first-order valence-electron chi connectivity index (χ1n) is 7.80. The lowest BCUT2D eigenvalue weighted by Gasteiger charge is -2.07. The Morgan fingerprint density at radius 1 is 0.880 bits per heavy atom. The number of rotatable bonds is 5. The van der Waals surface area contributed by atoms with Gasteiger partial charge in [0.15, 0.2) is 6.10 Å². The third-order valence-electron chi connectivity index (χ3n) is 3.77. The molecule has 0 unspecified atom stereocenters. The fraction of sp³-hybridized carbons (Fsp3) is 0.100. The zero-order valence-corrected chi connectivity index (χ0v) is 14.5. The minimum Gasteiger partial charge on any atom is -0.448 e. The summed E-state index contributed by atoms with van der Waals surface area (Å²) in [6.07, 6.45) is -0.941. The molecule has 0 bridgehead atoms. The number of thiophene rings is 1. The van der Waals surface area contributed by atoms with E-state index in [0.29, 0.717) is 4.88 Å². The number of esters is 1. The normalized spacial score (nSPS) is 11.7.